The summed E-state index contributed by atoms with van der Waals surface area (Å²) < 4.78 is 27.4. The molecule has 0 spiro atoms. The third kappa shape index (κ3) is 3.07. The van der Waals surface area contributed by atoms with Crippen LogP contribution >= 0.6 is 27.5 Å². The van der Waals surface area contributed by atoms with Crippen molar-refractivity contribution in [1.29, 1.82) is 0 Å². The molecule has 2 N–H and O–H groups in total. The summed E-state index contributed by atoms with van der Waals surface area (Å²) in [5, 5.41) is 0.325. The van der Waals surface area contributed by atoms with Crippen molar-refractivity contribution in [3.8, 4) is 0 Å². The van der Waals surface area contributed by atoms with Crippen LogP contribution in [0.4, 0.5) is 5.69 Å². The van der Waals surface area contributed by atoms with Gasteiger partial charge in [0.15, 0.2) is 0 Å². The summed E-state index contributed by atoms with van der Waals surface area (Å²) in [6.07, 6.45) is 2.48. The van der Waals surface area contributed by atoms with Crippen LogP contribution in [0.3, 0.4) is 0 Å². The van der Waals surface area contributed by atoms with Crippen LogP contribution in [-0.4, -0.2) is 49.8 Å². The molecule has 21 heavy (non-hydrogen) atoms. The predicted molar refractivity (Wildman–Crippen MR) is 86.9 cm³/mol. The maximum atomic E-state index is 12.8. The van der Waals surface area contributed by atoms with Crippen LogP contribution in [0, 0.1) is 0 Å². The molecule has 1 aromatic rings. The molecule has 1 aromatic carbocycles. The van der Waals surface area contributed by atoms with Crippen LogP contribution in [0.25, 0.3) is 0 Å². The SMILES string of the molecule is Nc1cc(Cl)cc(S(=O)(=O)N2CCN(C3CC3)CC2)c1Br. The molecule has 1 saturated heterocycles. The van der Waals surface area contributed by atoms with Crippen molar-refractivity contribution in [2.75, 3.05) is 31.9 Å². The van der Waals surface area contributed by atoms with E-state index in [1.54, 1.807) is 0 Å². The first-order valence-corrected chi connectivity index (χ1v) is 9.49. The third-order valence-corrected chi connectivity index (χ3v) is 7.27. The maximum Gasteiger partial charge on any atom is 0.244 e. The lowest BCUT2D eigenvalue weighted by molar-refractivity contribution is 0.180. The Labute approximate surface area is 138 Å². The quantitative estimate of drug-likeness (QED) is 0.798. The smallest absolute Gasteiger partial charge is 0.244 e. The Balaban J connectivity index is 1.84. The van der Waals surface area contributed by atoms with Gasteiger partial charge in [-0.25, -0.2) is 8.42 Å². The molecular formula is C13H17BrClN3O2S. The first-order valence-electron chi connectivity index (χ1n) is 6.88. The predicted octanol–water partition coefficient (Wildman–Crippen LogP) is 2.15. The molecule has 3 rings (SSSR count). The molecule has 5 nitrogen and oxygen atoms in total. The van der Waals surface area contributed by atoms with Gasteiger partial charge in [0.25, 0.3) is 0 Å². The topological polar surface area (TPSA) is 66.6 Å². The Morgan fingerprint density at radius 2 is 1.81 bits per heavy atom. The fourth-order valence-electron chi connectivity index (χ4n) is 2.66. The van der Waals surface area contributed by atoms with Gasteiger partial charge in [0, 0.05) is 42.9 Å². The van der Waals surface area contributed by atoms with Gasteiger partial charge in [0.1, 0.15) is 0 Å². The fourth-order valence-corrected chi connectivity index (χ4v) is 5.34. The van der Waals surface area contributed by atoms with E-state index in [-0.39, 0.29) is 4.90 Å². The lowest BCUT2D eigenvalue weighted by atomic mass is 10.3. The molecule has 8 heteroatoms. The summed E-state index contributed by atoms with van der Waals surface area (Å²) in [6, 6.07) is 3.66. The second kappa shape index (κ2) is 5.70. The van der Waals surface area contributed by atoms with Crippen LogP contribution in [0.2, 0.25) is 5.02 Å². The molecule has 0 unspecified atom stereocenters. The Bertz CT molecular complexity index is 656. The van der Waals surface area contributed by atoms with Gasteiger partial charge in [-0.05, 0) is 40.9 Å². The summed E-state index contributed by atoms with van der Waals surface area (Å²) in [4.78, 5) is 2.51. The number of hydrogen-bond donors (Lipinski definition) is 1. The molecule has 0 radical (unpaired) electrons. The first kappa shape index (κ1) is 15.6. The van der Waals surface area contributed by atoms with Gasteiger partial charge in [-0.1, -0.05) is 11.6 Å². The van der Waals surface area contributed by atoms with Gasteiger partial charge >= 0.3 is 0 Å². The monoisotopic (exact) mass is 393 g/mol. The summed E-state index contributed by atoms with van der Waals surface area (Å²) in [5.41, 5.74) is 6.13. The molecule has 1 aliphatic heterocycles. The number of sulfonamides is 1. The van der Waals surface area contributed by atoms with E-state index in [1.807, 2.05) is 0 Å². The number of nitrogen functional groups attached to an aromatic ring is 1. The largest absolute Gasteiger partial charge is 0.398 e. The van der Waals surface area contributed by atoms with E-state index in [0.717, 1.165) is 13.1 Å². The van der Waals surface area contributed by atoms with Crippen LogP contribution in [0.1, 0.15) is 12.8 Å². The average molecular weight is 395 g/mol. The van der Waals surface area contributed by atoms with Gasteiger partial charge in [-0.15, -0.1) is 0 Å². The second-order valence-corrected chi connectivity index (χ2v) is 8.61. The first-order chi connectivity index (χ1) is 9.89. The van der Waals surface area contributed by atoms with E-state index in [9.17, 15) is 8.42 Å². The minimum atomic E-state index is -3.57. The van der Waals surface area contributed by atoms with Crippen molar-refractivity contribution in [2.45, 2.75) is 23.8 Å². The van der Waals surface area contributed by atoms with E-state index in [1.165, 1.54) is 29.3 Å². The van der Waals surface area contributed by atoms with Crippen LogP contribution < -0.4 is 5.73 Å². The fraction of sp³-hybridized carbons (Fsp3) is 0.538. The minimum Gasteiger partial charge on any atom is -0.398 e. The Morgan fingerprint density at radius 3 is 2.38 bits per heavy atom. The molecular weight excluding hydrogens is 378 g/mol. The summed E-state index contributed by atoms with van der Waals surface area (Å²) in [5.74, 6) is 0. The summed E-state index contributed by atoms with van der Waals surface area (Å²) in [6.45, 7) is 2.60. The van der Waals surface area contributed by atoms with Crippen LogP contribution in [0.15, 0.2) is 21.5 Å². The Kier molecular flexibility index (Phi) is 4.22. The number of nitrogens with zero attached hydrogens (tertiary/aromatic N) is 2. The van der Waals surface area contributed by atoms with Crippen molar-refractivity contribution in [3.63, 3.8) is 0 Å². The van der Waals surface area contributed by atoms with Crippen LogP contribution in [0.5, 0.6) is 0 Å². The highest BCUT2D eigenvalue weighted by molar-refractivity contribution is 9.10. The van der Waals surface area contributed by atoms with E-state index in [0.29, 0.717) is 34.3 Å². The second-order valence-electron chi connectivity index (χ2n) is 5.48. The van der Waals surface area contributed by atoms with Crippen molar-refractivity contribution in [1.82, 2.24) is 9.21 Å². The Morgan fingerprint density at radius 1 is 1.19 bits per heavy atom. The number of halogens is 2. The summed E-state index contributed by atoms with van der Waals surface area (Å²) >= 11 is 9.21. The minimum absolute atomic E-state index is 0.146. The van der Waals surface area contributed by atoms with Crippen molar-refractivity contribution < 1.29 is 8.42 Å². The normalized spacial score (nSPS) is 21.6. The molecule has 2 fully saturated rings. The van der Waals surface area contributed by atoms with Crippen molar-refractivity contribution in [3.05, 3.63) is 21.6 Å². The number of rotatable bonds is 3. The number of piperazine rings is 1. The van der Waals surface area contributed by atoms with E-state index in [4.69, 9.17) is 17.3 Å². The molecule has 2 aliphatic rings. The van der Waals surface area contributed by atoms with E-state index >= 15 is 0 Å². The van der Waals surface area contributed by atoms with E-state index in [2.05, 4.69) is 20.8 Å². The number of nitrogens with two attached hydrogens (primary N) is 1. The van der Waals surface area contributed by atoms with Gasteiger partial charge in [0.2, 0.25) is 10.0 Å². The molecule has 1 aliphatic carbocycles. The standard InChI is InChI=1S/C13H17BrClN3O2S/c14-13-11(16)7-9(15)8-12(13)21(19,20)18-5-3-17(4-6-18)10-1-2-10/h7-8,10H,1-6,16H2. The zero-order valence-electron chi connectivity index (χ0n) is 11.4. The molecule has 116 valence electrons. The van der Waals surface area contributed by atoms with Gasteiger partial charge < -0.3 is 5.73 Å². The highest BCUT2D eigenvalue weighted by Crippen LogP contribution is 2.34. The average Bonchev–Trinajstić information content (AvgIpc) is 3.27. The molecule has 0 amide bonds. The molecule has 0 bridgehead atoms. The van der Waals surface area contributed by atoms with Crippen LogP contribution in [-0.2, 0) is 10.0 Å². The highest BCUT2D eigenvalue weighted by atomic mass is 79.9. The van der Waals surface area contributed by atoms with Crippen molar-refractivity contribution in [2.24, 2.45) is 0 Å². The molecule has 0 aromatic heterocycles. The lowest BCUT2D eigenvalue weighted by Crippen LogP contribution is -2.49. The number of anilines is 1. The van der Waals surface area contributed by atoms with Gasteiger partial charge in [0.05, 0.1) is 9.37 Å². The molecule has 1 saturated carbocycles. The van der Waals surface area contributed by atoms with Gasteiger partial charge in [-0.2, -0.15) is 4.31 Å². The van der Waals surface area contributed by atoms with Gasteiger partial charge in [-0.3, -0.25) is 4.90 Å². The number of hydrogen-bond acceptors (Lipinski definition) is 4. The lowest BCUT2D eigenvalue weighted by Gasteiger charge is -2.34. The zero-order valence-corrected chi connectivity index (χ0v) is 14.6. The Hall–Kier alpha value is -0.340. The highest BCUT2D eigenvalue weighted by Gasteiger charge is 2.35. The number of benzene rings is 1. The maximum absolute atomic E-state index is 12.8. The molecule has 0 atom stereocenters. The van der Waals surface area contributed by atoms with E-state index < -0.39 is 10.0 Å². The third-order valence-electron chi connectivity index (χ3n) is 3.99. The zero-order chi connectivity index (χ0) is 15.2. The molecule has 1 heterocycles. The van der Waals surface area contributed by atoms with Crippen molar-refractivity contribution >= 4 is 43.2 Å². The summed E-state index contributed by atoms with van der Waals surface area (Å²) in [7, 11) is -3.57.